The summed E-state index contributed by atoms with van der Waals surface area (Å²) >= 11 is 0. The monoisotopic (exact) mass is 510 g/mol. The second kappa shape index (κ2) is 14.0. The molecule has 36 heavy (non-hydrogen) atoms. The van der Waals surface area contributed by atoms with Crippen LogP contribution < -0.4 is 10.6 Å². The zero-order valence-electron chi connectivity index (χ0n) is 20.9. The first-order valence-corrected chi connectivity index (χ1v) is 11.4. The molecule has 0 fully saturated rings. The number of carboxylic acid groups (broad SMARTS) is 1. The van der Waals surface area contributed by atoms with Crippen molar-refractivity contribution in [1.82, 2.24) is 5.32 Å². The number of hydrogen-bond donors (Lipinski definition) is 5. The van der Waals surface area contributed by atoms with Crippen molar-refractivity contribution in [2.75, 3.05) is 5.32 Å². The normalized spacial score (nSPS) is 15.1. The third kappa shape index (κ3) is 8.84. The maximum absolute atomic E-state index is 12.8. The van der Waals surface area contributed by atoms with Crippen LogP contribution in [0, 0.1) is 11.8 Å². The average molecular weight is 511 g/mol. The molecule has 1 aromatic rings. The summed E-state index contributed by atoms with van der Waals surface area (Å²) in [5.41, 5.74) is -0.336. The maximum atomic E-state index is 12.8. The number of nitrogens with one attached hydrogen (secondary N) is 2. The Bertz CT molecular complexity index is 947. The Balaban J connectivity index is 3.03. The average Bonchev–Trinajstić information content (AvgIpc) is 2.79. The predicted octanol–water partition coefficient (Wildman–Crippen LogP) is 1.44. The molecule has 2 amide bonds. The van der Waals surface area contributed by atoms with Crippen molar-refractivity contribution in [1.29, 1.82) is 0 Å². The standard InChI is InChI=1S/C24H34N2O10/c1-12(2)9-10-18(29)36-21(13(3)23(32)33)15(5)35-24(34)19(14(4)28)26-22(31)16-7-6-8-17(20(16)30)25-11-27/h6-8,11-15,19,21,28,30H,9-10H2,1-5H3,(H,25,27)(H,26,31)(H,32,33). The lowest BCUT2D eigenvalue weighted by molar-refractivity contribution is -0.177. The second-order valence-electron chi connectivity index (χ2n) is 8.81. The van der Waals surface area contributed by atoms with Crippen LogP contribution in [0.25, 0.3) is 0 Å². The van der Waals surface area contributed by atoms with Gasteiger partial charge in [0.15, 0.2) is 17.9 Å². The quantitative estimate of drug-likeness (QED) is 0.139. The van der Waals surface area contributed by atoms with E-state index in [0.29, 0.717) is 12.8 Å². The fourth-order valence-electron chi connectivity index (χ4n) is 3.19. The summed E-state index contributed by atoms with van der Waals surface area (Å²) < 4.78 is 10.6. The highest BCUT2D eigenvalue weighted by Crippen LogP contribution is 2.27. The number of ether oxygens (including phenoxy) is 2. The van der Waals surface area contributed by atoms with Crippen LogP contribution in [0.2, 0.25) is 0 Å². The van der Waals surface area contributed by atoms with E-state index in [1.165, 1.54) is 39.0 Å². The number of esters is 2. The molecule has 0 heterocycles. The molecule has 5 N–H and O–H groups in total. The Morgan fingerprint density at radius 3 is 2.22 bits per heavy atom. The minimum absolute atomic E-state index is 0.0489. The number of phenolic OH excluding ortho intramolecular Hbond substituents is 1. The SMILES string of the molecule is CC(C)CCC(=O)OC(C(C)OC(=O)C(NC(=O)c1cccc(NC=O)c1O)C(C)O)C(C)C(=O)O. The van der Waals surface area contributed by atoms with Crippen molar-refractivity contribution >= 4 is 35.9 Å². The summed E-state index contributed by atoms with van der Waals surface area (Å²) in [6.07, 6.45) is -3.14. The van der Waals surface area contributed by atoms with E-state index in [2.05, 4.69) is 10.6 Å². The zero-order chi connectivity index (χ0) is 27.6. The molecule has 5 atom stereocenters. The van der Waals surface area contributed by atoms with Crippen LogP contribution in [-0.2, 0) is 28.7 Å². The Kier molecular flexibility index (Phi) is 11.8. The molecule has 0 aromatic heterocycles. The van der Waals surface area contributed by atoms with Crippen LogP contribution >= 0.6 is 0 Å². The van der Waals surface area contributed by atoms with E-state index in [9.17, 15) is 39.3 Å². The predicted molar refractivity (Wildman–Crippen MR) is 127 cm³/mol. The number of carboxylic acids is 1. The molecule has 0 saturated carbocycles. The number of aromatic hydroxyl groups is 1. The van der Waals surface area contributed by atoms with Crippen LogP contribution in [0.4, 0.5) is 5.69 Å². The molecule has 1 aromatic carbocycles. The van der Waals surface area contributed by atoms with Crippen LogP contribution in [0.3, 0.4) is 0 Å². The van der Waals surface area contributed by atoms with Crippen molar-refractivity contribution in [2.24, 2.45) is 11.8 Å². The molecular formula is C24H34N2O10. The van der Waals surface area contributed by atoms with Gasteiger partial charge in [-0.05, 0) is 45.2 Å². The van der Waals surface area contributed by atoms with Gasteiger partial charge in [0.05, 0.1) is 23.3 Å². The summed E-state index contributed by atoms with van der Waals surface area (Å²) in [6.45, 7) is 7.66. The second-order valence-corrected chi connectivity index (χ2v) is 8.81. The van der Waals surface area contributed by atoms with Gasteiger partial charge in [-0.15, -0.1) is 0 Å². The van der Waals surface area contributed by atoms with E-state index in [1.54, 1.807) is 0 Å². The molecule has 200 valence electrons. The van der Waals surface area contributed by atoms with Crippen molar-refractivity contribution < 1.29 is 48.8 Å². The molecule has 5 unspecified atom stereocenters. The Morgan fingerprint density at radius 2 is 1.69 bits per heavy atom. The number of aliphatic hydroxyl groups excluding tert-OH is 1. The van der Waals surface area contributed by atoms with Gasteiger partial charge in [0.2, 0.25) is 6.41 Å². The van der Waals surface area contributed by atoms with Crippen LogP contribution in [0.1, 0.15) is 57.8 Å². The summed E-state index contributed by atoms with van der Waals surface area (Å²) in [4.78, 5) is 59.9. The molecule has 12 nitrogen and oxygen atoms in total. The number of benzene rings is 1. The third-order valence-corrected chi connectivity index (χ3v) is 5.36. The van der Waals surface area contributed by atoms with Crippen molar-refractivity contribution in [3.63, 3.8) is 0 Å². The number of amides is 2. The number of carbonyl (C=O) groups excluding carboxylic acids is 4. The molecule has 0 aliphatic rings. The lowest BCUT2D eigenvalue weighted by Crippen LogP contribution is -2.51. The number of phenols is 1. The van der Waals surface area contributed by atoms with E-state index in [0.717, 1.165) is 0 Å². The summed E-state index contributed by atoms with van der Waals surface area (Å²) in [5, 5.41) is 34.2. The minimum atomic E-state index is -1.61. The topological polar surface area (TPSA) is 189 Å². The van der Waals surface area contributed by atoms with Crippen molar-refractivity contribution in [2.45, 2.75) is 71.8 Å². The first-order chi connectivity index (χ1) is 16.8. The van der Waals surface area contributed by atoms with E-state index in [-0.39, 0.29) is 23.6 Å². The molecule has 0 radical (unpaired) electrons. The summed E-state index contributed by atoms with van der Waals surface area (Å²) in [6, 6.07) is 2.34. The molecule has 0 aliphatic carbocycles. The van der Waals surface area contributed by atoms with Crippen LogP contribution in [0.5, 0.6) is 5.75 Å². The van der Waals surface area contributed by atoms with Gasteiger partial charge in [-0.1, -0.05) is 19.9 Å². The fraction of sp³-hybridized carbons (Fsp3) is 0.542. The largest absolute Gasteiger partial charge is 0.505 e. The summed E-state index contributed by atoms with van der Waals surface area (Å²) in [7, 11) is 0. The van der Waals surface area contributed by atoms with E-state index in [1.807, 2.05) is 13.8 Å². The third-order valence-electron chi connectivity index (χ3n) is 5.36. The summed E-state index contributed by atoms with van der Waals surface area (Å²) in [5.74, 6) is -5.56. The fourth-order valence-corrected chi connectivity index (χ4v) is 3.19. The van der Waals surface area contributed by atoms with Gasteiger partial charge in [-0.25, -0.2) is 4.79 Å². The maximum Gasteiger partial charge on any atom is 0.331 e. The van der Waals surface area contributed by atoms with Gasteiger partial charge in [0.1, 0.15) is 6.10 Å². The van der Waals surface area contributed by atoms with Gasteiger partial charge in [-0.2, -0.15) is 0 Å². The van der Waals surface area contributed by atoms with Crippen molar-refractivity contribution in [3.8, 4) is 5.75 Å². The van der Waals surface area contributed by atoms with E-state index >= 15 is 0 Å². The molecule has 0 spiro atoms. The lowest BCUT2D eigenvalue weighted by atomic mass is 10.00. The van der Waals surface area contributed by atoms with Gasteiger partial charge in [0.25, 0.3) is 5.91 Å². The van der Waals surface area contributed by atoms with E-state index < -0.39 is 59.8 Å². The smallest absolute Gasteiger partial charge is 0.331 e. The number of carbonyl (C=O) groups is 5. The molecule has 0 aliphatic heterocycles. The minimum Gasteiger partial charge on any atom is -0.505 e. The number of hydrogen-bond acceptors (Lipinski definition) is 9. The highest BCUT2D eigenvalue weighted by molar-refractivity contribution is 6.01. The Labute approximate surface area is 209 Å². The van der Waals surface area contributed by atoms with Gasteiger partial charge in [-0.3, -0.25) is 19.2 Å². The highest BCUT2D eigenvalue weighted by Gasteiger charge is 2.37. The highest BCUT2D eigenvalue weighted by atomic mass is 16.6. The molecule has 12 heteroatoms. The Morgan fingerprint density at radius 1 is 1.06 bits per heavy atom. The van der Waals surface area contributed by atoms with Crippen LogP contribution in [-0.4, -0.2) is 69.9 Å². The van der Waals surface area contributed by atoms with Crippen molar-refractivity contribution in [3.05, 3.63) is 23.8 Å². The number of aliphatic carboxylic acids is 1. The number of aliphatic hydroxyl groups is 1. The van der Waals surface area contributed by atoms with E-state index in [4.69, 9.17) is 9.47 Å². The first kappa shape index (κ1) is 30.4. The molecule has 0 bridgehead atoms. The number of para-hydroxylation sites is 1. The molecule has 0 saturated heterocycles. The molecule has 1 rings (SSSR count). The lowest BCUT2D eigenvalue weighted by Gasteiger charge is -2.29. The van der Waals surface area contributed by atoms with Gasteiger partial charge >= 0.3 is 17.9 Å². The Hall–Kier alpha value is -3.67. The van der Waals surface area contributed by atoms with Crippen LogP contribution in [0.15, 0.2) is 18.2 Å². The zero-order valence-corrected chi connectivity index (χ0v) is 20.9. The number of anilines is 1. The number of rotatable bonds is 14. The van der Waals surface area contributed by atoms with Gasteiger partial charge in [0, 0.05) is 6.42 Å². The van der Waals surface area contributed by atoms with Gasteiger partial charge < -0.3 is 35.4 Å². The molecular weight excluding hydrogens is 476 g/mol. The first-order valence-electron chi connectivity index (χ1n) is 11.4.